The summed E-state index contributed by atoms with van der Waals surface area (Å²) in [6.45, 7) is 11.0. The highest BCUT2D eigenvalue weighted by Gasteiger charge is 2.09. The first-order chi connectivity index (χ1) is 8.80. The molecule has 0 aliphatic carbocycles. The van der Waals surface area contributed by atoms with Gasteiger partial charge in [-0.25, -0.2) is 4.98 Å². The van der Waals surface area contributed by atoms with Crippen LogP contribution in [0, 0.1) is 0 Å². The fraction of sp³-hybridized carbons (Fsp3) is 0.533. The summed E-state index contributed by atoms with van der Waals surface area (Å²) < 4.78 is 2.37. The van der Waals surface area contributed by atoms with Crippen LogP contribution in [0.3, 0.4) is 0 Å². The van der Waals surface area contributed by atoms with Crippen molar-refractivity contribution in [1.29, 1.82) is 0 Å². The van der Waals surface area contributed by atoms with Crippen LogP contribution in [0.25, 0.3) is 11.0 Å². The summed E-state index contributed by atoms with van der Waals surface area (Å²) in [5.41, 5.74) is 2.38. The Morgan fingerprint density at radius 1 is 1.11 bits per heavy atom. The molecule has 0 saturated carbocycles. The van der Waals surface area contributed by atoms with Crippen LogP contribution >= 0.6 is 0 Å². The summed E-state index contributed by atoms with van der Waals surface area (Å²) in [6.07, 6.45) is 0.993. The van der Waals surface area contributed by atoms with Gasteiger partial charge in [0.15, 0.2) is 0 Å². The average Bonchev–Trinajstić information content (AvgIpc) is 2.78. The molecular weight excluding hydrogens is 222 g/mol. The van der Waals surface area contributed by atoms with Crippen molar-refractivity contribution in [1.82, 2.24) is 14.5 Å². The first kappa shape index (κ1) is 13.1. The molecule has 3 heteroatoms. The lowest BCUT2D eigenvalue weighted by atomic mass is 10.3. The second-order valence-corrected chi connectivity index (χ2v) is 4.55. The third kappa shape index (κ3) is 2.56. The molecule has 0 N–H and O–H groups in total. The van der Waals surface area contributed by atoms with E-state index in [1.165, 1.54) is 11.3 Å². The Bertz CT molecular complexity index is 497. The Labute approximate surface area is 109 Å². The summed E-state index contributed by atoms with van der Waals surface area (Å²) in [5, 5.41) is 0. The predicted octanol–water partition coefficient (Wildman–Crippen LogP) is 2.94. The molecule has 0 bridgehead atoms. The summed E-state index contributed by atoms with van der Waals surface area (Å²) in [7, 11) is 0. The van der Waals surface area contributed by atoms with E-state index in [2.05, 4.69) is 54.5 Å². The molecule has 0 aliphatic heterocycles. The van der Waals surface area contributed by atoms with Gasteiger partial charge in [0.05, 0.1) is 11.0 Å². The maximum atomic E-state index is 4.71. The minimum atomic E-state index is 0.993. The van der Waals surface area contributed by atoms with E-state index in [1.807, 2.05) is 0 Å². The van der Waals surface area contributed by atoms with Crippen molar-refractivity contribution < 1.29 is 0 Å². The van der Waals surface area contributed by atoms with Gasteiger partial charge in [0.2, 0.25) is 0 Å². The van der Waals surface area contributed by atoms with Gasteiger partial charge in [-0.05, 0) is 25.2 Å². The second-order valence-electron chi connectivity index (χ2n) is 4.55. The van der Waals surface area contributed by atoms with Crippen LogP contribution < -0.4 is 0 Å². The highest BCUT2D eigenvalue weighted by atomic mass is 15.2. The number of likely N-dealkylation sites (N-methyl/N-ethyl adjacent to an activating group) is 1. The molecule has 0 unspecified atom stereocenters. The van der Waals surface area contributed by atoms with E-state index in [0.29, 0.717) is 0 Å². The molecule has 0 amide bonds. The largest absolute Gasteiger partial charge is 0.327 e. The fourth-order valence-corrected chi connectivity index (χ4v) is 2.43. The molecule has 0 saturated heterocycles. The van der Waals surface area contributed by atoms with E-state index in [-0.39, 0.29) is 0 Å². The van der Waals surface area contributed by atoms with Crippen molar-refractivity contribution in [2.45, 2.75) is 33.7 Å². The number of hydrogen-bond donors (Lipinski definition) is 0. The fourth-order valence-electron chi connectivity index (χ4n) is 2.43. The molecule has 0 atom stereocenters. The number of nitrogens with zero attached hydrogens (tertiary/aromatic N) is 3. The van der Waals surface area contributed by atoms with E-state index in [0.717, 1.165) is 38.1 Å². The zero-order valence-electron chi connectivity index (χ0n) is 11.7. The molecule has 0 fully saturated rings. The Morgan fingerprint density at radius 2 is 1.83 bits per heavy atom. The molecule has 1 heterocycles. The third-order valence-corrected chi connectivity index (χ3v) is 3.58. The van der Waals surface area contributed by atoms with Crippen LogP contribution in [-0.2, 0) is 13.0 Å². The number of aromatic nitrogens is 2. The number of aryl methyl sites for hydroxylation is 1. The molecule has 98 valence electrons. The van der Waals surface area contributed by atoms with E-state index < -0.39 is 0 Å². The Morgan fingerprint density at radius 3 is 2.50 bits per heavy atom. The van der Waals surface area contributed by atoms with Crippen molar-refractivity contribution in [3.8, 4) is 0 Å². The minimum Gasteiger partial charge on any atom is -0.327 e. The third-order valence-electron chi connectivity index (χ3n) is 3.58. The number of fused-ring (bicyclic) bond motifs is 1. The van der Waals surface area contributed by atoms with Gasteiger partial charge in [-0.3, -0.25) is 0 Å². The van der Waals surface area contributed by atoms with Crippen LogP contribution in [0.4, 0.5) is 0 Å². The van der Waals surface area contributed by atoms with Gasteiger partial charge in [-0.15, -0.1) is 0 Å². The maximum Gasteiger partial charge on any atom is 0.109 e. The predicted molar refractivity (Wildman–Crippen MR) is 76.9 cm³/mol. The summed E-state index contributed by atoms with van der Waals surface area (Å²) >= 11 is 0. The summed E-state index contributed by atoms with van der Waals surface area (Å²) in [4.78, 5) is 7.16. The second kappa shape index (κ2) is 6.01. The highest BCUT2D eigenvalue weighted by molar-refractivity contribution is 5.75. The van der Waals surface area contributed by atoms with Gasteiger partial charge in [0, 0.05) is 19.5 Å². The Balaban J connectivity index is 2.25. The summed E-state index contributed by atoms with van der Waals surface area (Å²) in [5.74, 6) is 1.20. The molecule has 1 aromatic carbocycles. The van der Waals surface area contributed by atoms with Crippen LogP contribution in [0.15, 0.2) is 24.3 Å². The van der Waals surface area contributed by atoms with Crippen molar-refractivity contribution in [2.75, 3.05) is 19.6 Å². The van der Waals surface area contributed by atoms with Crippen molar-refractivity contribution in [3.63, 3.8) is 0 Å². The molecule has 2 aromatic rings. The van der Waals surface area contributed by atoms with Gasteiger partial charge in [-0.2, -0.15) is 0 Å². The zero-order valence-corrected chi connectivity index (χ0v) is 11.7. The Hall–Kier alpha value is -1.35. The van der Waals surface area contributed by atoms with E-state index in [1.54, 1.807) is 0 Å². The molecule has 0 radical (unpaired) electrons. The van der Waals surface area contributed by atoms with Crippen LogP contribution in [-0.4, -0.2) is 34.1 Å². The molecule has 18 heavy (non-hydrogen) atoms. The molecule has 1 aromatic heterocycles. The number of imidazole rings is 1. The molecule has 3 nitrogen and oxygen atoms in total. The number of rotatable bonds is 6. The number of benzene rings is 1. The van der Waals surface area contributed by atoms with Crippen LogP contribution in [0.1, 0.15) is 26.6 Å². The van der Waals surface area contributed by atoms with Crippen LogP contribution in [0.5, 0.6) is 0 Å². The average molecular weight is 245 g/mol. The molecular formula is C15H23N3. The first-order valence-electron chi connectivity index (χ1n) is 6.96. The highest BCUT2D eigenvalue weighted by Crippen LogP contribution is 2.16. The minimum absolute atomic E-state index is 0.993. The number of hydrogen-bond acceptors (Lipinski definition) is 2. The van der Waals surface area contributed by atoms with Gasteiger partial charge in [0.25, 0.3) is 0 Å². The van der Waals surface area contributed by atoms with Crippen molar-refractivity contribution >= 4 is 11.0 Å². The van der Waals surface area contributed by atoms with Crippen molar-refractivity contribution in [3.05, 3.63) is 30.1 Å². The number of para-hydroxylation sites is 2. The zero-order chi connectivity index (χ0) is 13.0. The molecule has 0 spiro atoms. The smallest absolute Gasteiger partial charge is 0.109 e. The topological polar surface area (TPSA) is 21.1 Å². The normalized spacial score (nSPS) is 11.6. The quantitative estimate of drug-likeness (QED) is 0.780. The standard InChI is InChI=1S/C15H23N3/c1-4-15-16-13-9-7-8-10-14(13)18(15)12-11-17(5-2)6-3/h7-10H,4-6,11-12H2,1-3H3. The maximum absolute atomic E-state index is 4.71. The van der Waals surface area contributed by atoms with Crippen LogP contribution in [0.2, 0.25) is 0 Å². The summed E-state index contributed by atoms with van der Waals surface area (Å²) in [6, 6.07) is 8.42. The monoisotopic (exact) mass is 245 g/mol. The van der Waals surface area contributed by atoms with Crippen molar-refractivity contribution in [2.24, 2.45) is 0 Å². The van der Waals surface area contributed by atoms with Gasteiger partial charge in [0.1, 0.15) is 5.82 Å². The SMILES string of the molecule is CCc1nc2ccccc2n1CCN(CC)CC. The van der Waals surface area contributed by atoms with E-state index in [9.17, 15) is 0 Å². The lowest BCUT2D eigenvalue weighted by Crippen LogP contribution is -2.27. The molecule has 0 aliphatic rings. The Kier molecular flexibility index (Phi) is 4.37. The lowest BCUT2D eigenvalue weighted by Gasteiger charge is -2.19. The molecule has 2 rings (SSSR count). The van der Waals surface area contributed by atoms with Gasteiger partial charge in [-0.1, -0.05) is 32.9 Å². The van der Waals surface area contributed by atoms with Gasteiger partial charge >= 0.3 is 0 Å². The first-order valence-corrected chi connectivity index (χ1v) is 6.96. The van der Waals surface area contributed by atoms with E-state index >= 15 is 0 Å². The lowest BCUT2D eigenvalue weighted by molar-refractivity contribution is 0.290. The van der Waals surface area contributed by atoms with Gasteiger partial charge < -0.3 is 9.47 Å². The van der Waals surface area contributed by atoms with E-state index in [4.69, 9.17) is 4.98 Å².